The summed E-state index contributed by atoms with van der Waals surface area (Å²) in [6, 6.07) is 9.55. The third-order valence-corrected chi connectivity index (χ3v) is 7.69. The largest absolute Gasteiger partial charge is 0.319 e. The summed E-state index contributed by atoms with van der Waals surface area (Å²) in [6.07, 6.45) is 1.41. The van der Waals surface area contributed by atoms with Gasteiger partial charge in [0.15, 0.2) is 9.84 Å². The highest BCUT2D eigenvalue weighted by Gasteiger charge is 2.37. The van der Waals surface area contributed by atoms with Crippen LogP contribution in [0.15, 0.2) is 53.6 Å². The molecule has 0 fully saturated rings. The SMILES string of the molecule is CC(C)(C)c1cc(-c2cc3c(cc2F)S(=O)(=O)C[C@H](N)C(=O)N3Cc2ccc(Cl)cc2)cnn1. The van der Waals surface area contributed by atoms with Gasteiger partial charge in [0.2, 0.25) is 5.91 Å². The molecule has 178 valence electrons. The van der Waals surface area contributed by atoms with E-state index in [-0.39, 0.29) is 28.1 Å². The number of carbonyl (C=O) groups excluding carboxylic acids is 1. The molecule has 0 radical (unpaired) electrons. The Morgan fingerprint density at radius 3 is 2.50 bits per heavy atom. The van der Waals surface area contributed by atoms with Gasteiger partial charge >= 0.3 is 0 Å². The zero-order valence-corrected chi connectivity index (χ0v) is 20.5. The van der Waals surface area contributed by atoms with Crippen LogP contribution < -0.4 is 10.6 Å². The first-order chi connectivity index (χ1) is 15.9. The highest BCUT2D eigenvalue weighted by atomic mass is 35.5. The third kappa shape index (κ3) is 4.68. The van der Waals surface area contributed by atoms with Crippen LogP contribution in [0, 0.1) is 5.82 Å². The first kappa shape index (κ1) is 24.3. The molecule has 4 rings (SSSR count). The number of fused-ring (bicyclic) bond motifs is 1. The van der Waals surface area contributed by atoms with Crippen LogP contribution in [0.1, 0.15) is 32.0 Å². The molecule has 1 atom stereocenters. The molecule has 0 unspecified atom stereocenters. The van der Waals surface area contributed by atoms with Crippen LogP contribution in [-0.4, -0.2) is 36.3 Å². The van der Waals surface area contributed by atoms with Crippen LogP contribution in [-0.2, 0) is 26.6 Å². The van der Waals surface area contributed by atoms with Crippen LogP contribution in [0.5, 0.6) is 0 Å². The normalized spacial score (nSPS) is 17.9. The fraction of sp³-hybridized carbons (Fsp3) is 0.292. The predicted octanol–water partition coefficient (Wildman–Crippen LogP) is 3.88. The molecule has 10 heteroatoms. The molecule has 1 amide bonds. The number of benzene rings is 2. The lowest BCUT2D eigenvalue weighted by atomic mass is 9.90. The molecule has 1 aliphatic rings. The molecule has 3 aromatic rings. The van der Waals surface area contributed by atoms with Gasteiger partial charge in [-0.1, -0.05) is 44.5 Å². The zero-order chi connectivity index (χ0) is 24.8. The number of sulfone groups is 1. The standard InChI is InChI=1S/C24H24ClFN4O3S/c1-24(2,3)22-8-15(11-28-29-22)17-9-20-21(10-18(17)26)34(32,33)13-19(27)23(31)30(20)12-14-4-6-16(25)7-5-14/h4-11,19H,12-13,27H2,1-3H3/t19-/m0/s1. The van der Waals surface area contributed by atoms with E-state index in [1.165, 1.54) is 17.2 Å². The number of aromatic nitrogens is 2. The molecule has 2 N–H and O–H groups in total. The molecular weight excluding hydrogens is 479 g/mol. The Morgan fingerprint density at radius 2 is 1.85 bits per heavy atom. The lowest BCUT2D eigenvalue weighted by molar-refractivity contribution is -0.119. The van der Waals surface area contributed by atoms with Crippen LogP contribution in [0.25, 0.3) is 11.1 Å². The molecule has 1 aliphatic heterocycles. The van der Waals surface area contributed by atoms with Crippen molar-refractivity contribution in [2.45, 2.75) is 43.7 Å². The number of carbonyl (C=O) groups is 1. The van der Waals surface area contributed by atoms with Gasteiger partial charge in [0.25, 0.3) is 0 Å². The molecular formula is C24H24ClFN4O3S. The van der Waals surface area contributed by atoms with Gasteiger partial charge in [0.05, 0.1) is 40.8 Å². The zero-order valence-electron chi connectivity index (χ0n) is 18.9. The van der Waals surface area contributed by atoms with Crippen molar-refractivity contribution in [3.05, 3.63) is 70.8 Å². The maximum Gasteiger partial charge on any atom is 0.245 e. The second-order valence-electron chi connectivity index (χ2n) is 9.32. The van der Waals surface area contributed by atoms with Crippen molar-refractivity contribution in [1.29, 1.82) is 0 Å². The van der Waals surface area contributed by atoms with Crippen LogP contribution >= 0.6 is 11.6 Å². The number of halogens is 2. The Kier molecular flexibility index (Phi) is 6.22. The van der Waals surface area contributed by atoms with Gasteiger partial charge in [-0.05, 0) is 35.9 Å². The Bertz CT molecular complexity index is 1370. The van der Waals surface area contributed by atoms with Gasteiger partial charge in [-0.3, -0.25) is 4.79 Å². The second-order valence-corrected chi connectivity index (χ2v) is 11.8. The van der Waals surface area contributed by atoms with Gasteiger partial charge in [-0.25, -0.2) is 12.8 Å². The summed E-state index contributed by atoms with van der Waals surface area (Å²) in [6.45, 7) is 5.90. The summed E-state index contributed by atoms with van der Waals surface area (Å²) in [5.41, 5.74) is 7.57. The smallest absolute Gasteiger partial charge is 0.245 e. The van der Waals surface area contributed by atoms with E-state index in [0.29, 0.717) is 21.8 Å². The number of rotatable bonds is 3. The van der Waals surface area contributed by atoms with E-state index in [9.17, 15) is 13.2 Å². The Balaban J connectivity index is 1.92. The number of nitrogens with zero attached hydrogens (tertiary/aromatic N) is 3. The second kappa shape index (κ2) is 8.72. The summed E-state index contributed by atoms with van der Waals surface area (Å²) < 4.78 is 41.3. The highest BCUT2D eigenvalue weighted by molar-refractivity contribution is 7.91. The minimum Gasteiger partial charge on any atom is -0.319 e. The summed E-state index contributed by atoms with van der Waals surface area (Å²) in [7, 11) is -4.02. The molecule has 0 saturated heterocycles. The van der Waals surface area contributed by atoms with Crippen molar-refractivity contribution in [3.63, 3.8) is 0 Å². The van der Waals surface area contributed by atoms with Crippen LogP contribution in [0.2, 0.25) is 5.02 Å². The first-order valence-corrected chi connectivity index (χ1v) is 12.6. The van der Waals surface area contributed by atoms with E-state index in [1.54, 1.807) is 30.3 Å². The summed E-state index contributed by atoms with van der Waals surface area (Å²) >= 11 is 5.97. The Morgan fingerprint density at radius 1 is 1.18 bits per heavy atom. The molecule has 2 aromatic carbocycles. The average Bonchev–Trinajstić information content (AvgIpc) is 2.83. The summed E-state index contributed by atoms with van der Waals surface area (Å²) in [5, 5.41) is 8.66. The number of amides is 1. The summed E-state index contributed by atoms with van der Waals surface area (Å²) in [5.74, 6) is -1.93. The van der Waals surface area contributed by atoms with E-state index in [2.05, 4.69) is 10.2 Å². The van der Waals surface area contributed by atoms with E-state index in [0.717, 1.165) is 6.07 Å². The third-order valence-electron chi connectivity index (χ3n) is 5.64. The van der Waals surface area contributed by atoms with Crippen LogP contribution in [0.4, 0.5) is 10.1 Å². The Hall–Kier alpha value is -2.88. The number of nitrogens with two attached hydrogens (primary N) is 1. The highest BCUT2D eigenvalue weighted by Crippen LogP contribution is 2.37. The molecule has 0 aliphatic carbocycles. The lowest BCUT2D eigenvalue weighted by Gasteiger charge is -2.25. The molecule has 1 aromatic heterocycles. The molecule has 34 heavy (non-hydrogen) atoms. The predicted molar refractivity (Wildman–Crippen MR) is 129 cm³/mol. The topological polar surface area (TPSA) is 106 Å². The van der Waals surface area contributed by atoms with E-state index in [1.807, 2.05) is 20.8 Å². The molecule has 0 bridgehead atoms. The van der Waals surface area contributed by atoms with Gasteiger partial charge in [-0.15, -0.1) is 0 Å². The van der Waals surface area contributed by atoms with Gasteiger partial charge in [0, 0.05) is 21.6 Å². The average molecular weight is 503 g/mol. The quantitative estimate of drug-likeness (QED) is 0.582. The van der Waals surface area contributed by atoms with Gasteiger partial charge in [-0.2, -0.15) is 10.2 Å². The monoisotopic (exact) mass is 502 g/mol. The first-order valence-electron chi connectivity index (χ1n) is 10.6. The van der Waals surface area contributed by atoms with Crippen molar-refractivity contribution in [2.24, 2.45) is 5.73 Å². The maximum absolute atomic E-state index is 15.3. The molecule has 0 spiro atoms. The van der Waals surface area contributed by atoms with Crippen molar-refractivity contribution in [1.82, 2.24) is 10.2 Å². The van der Waals surface area contributed by atoms with E-state index < -0.39 is 33.4 Å². The van der Waals surface area contributed by atoms with Crippen molar-refractivity contribution >= 4 is 33.0 Å². The molecule has 7 nitrogen and oxygen atoms in total. The van der Waals surface area contributed by atoms with E-state index >= 15 is 4.39 Å². The molecule has 0 saturated carbocycles. The number of hydrogen-bond donors (Lipinski definition) is 1. The molecule has 2 heterocycles. The summed E-state index contributed by atoms with van der Waals surface area (Å²) in [4.78, 5) is 14.2. The van der Waals surface area contributed by atoms with Crippen molar-refractivity contribution < 1.29 is 17.6 Å². The lowest BCUT2D eigenvalue weighted by Crippen LogP contribution is -2.45. The maximum atomic E-state index is 15.3. The number of anilines is 1. The van der Waals surface area contributed by atoms with Crippen molar-refractivity contribution in [2.75, 3.05) is 10.7 Å². The number of hydrogen-bond acceptors (Lipinski definition) is 6. The van der Waals surface area contributed by atoms with Gasteiger partial charge in [0.1, 0.15) is 5.82 Å². The van der Waals surface area contributed by atoms with Crippen LogP contribution in [0.3, 0.4) is 0 Å². The fourth-order valence-corrected chi connectivity index (χ4v) is 5.45. The van der Waals surface area contributed by atoms with E-state index in [4.69, 9.17) is 17.3 Å². The minimum atomic E-state index is -4.02. The van der Waals surface area contributed by atoms with Crippen molar-refractivity contribution in [3.8, 4) is 11.1 Å². The minimum absolute atomic E-state index is 0.0408. The fourth-order valence-electron chi connectivity index (χ4n) is 3.76. The van der Waals surface area contributed by atoms with Gasteiger partial charge < -0.3 is 10.6 Å². The Labute approximate surface area is 202 Å².